The van der Waals surface area contributed by atoms with Crippen LogP contribution in [0.3, 0.4) is 0 Å². The fourth-order valence-corrected chi connectivity index (χ4v) is 2.14. The molecule has 0 aliphatic carbocycles. The lowest BCUT2D eigenvalue weighted by atomic mass is 10.2. The van der Waals surface area contributed by atoms with Crippen molar-refractivity contribution in [2.75, 3.05) is 0 Å². The number of carbonyl (C=O) groups excluding carboxylic acids is 2. The molecule has 0 fully saturated rings. The van der Waals surface area contributed by atoms with Crippen molar-refractivity contribution in [3.05, 3.63) is 108 Å². The summed E-state index contributed by atoms with van der Waals surface area (Å²) in [4.78, 5) is 22.0. The van der Waals surface area contributed by atoms with Crippen LogP contribution >= 0.6 is 0 Å². The van der Waals surface area contributed by atoms with Gasteiger partial charge in [0.2, 0.25) is 0 Å². The Labute approximate surface area is 159 Å². The highest BCUT2D eigenvalue weighted by atomic mass is 16.5. The SMILES string of the molecule is CC(=O)OCc1ccccc1.O=C(OCc1ccccc1)c1ccccc1. The number of benzene rings is 3. The van der Waals surface area contributed by atoms with E-state index in [0.717, 1.165) is 11.1 Å². The molecule has 0 saturated heterocycles. The van der Waals surface area contributed by atoms with Crippen LogP contribution in [0.5, 0.6) is 0 Å². The predicted molar refractivity (Wildman–Crippen MR) is 104 cm³/mol. The van der Waals surface area contributed by atoms with E-state index in [0.29, 0.717) is 18.8 Å². The van der Waals surface area contributed by atoms with Gasteiger partial charge in [-0.25, -0.2) is 4.79 Å². The van der Waals surface area contributed by atoms with E-state index < -0.39 is 0 Å². The van der Waals surface area contributed by atoms with E-state index in [9.17, 15) is 9.59 Å². The Morgan fingerprint density at radius 1 is 0.630 bits per heavy atom. The first-order chi connectivity index (χ1) is 13.1. The zero-order valence-corrected chi connectivity index (χ0v) is 15.2. The third-order valence-electron chi connectivity index (χ3n) is 3.51. The molecule has 3 aromatic rings. The number of carbonyl (C=O) groups is 2. The molecule has 0 saturated carbocycles. The van der Waals surface area contributed by atoms with E-state index in [2.05, 4.69) is 0 Å². The van der Waals surface area contributed by atoms with Gasteiger partial charge in [0.1, 0.15) is 13.2 Å². The van der Waals surface area contributed by atoms with Gasteiger partial charge in [-0.1, -0.05) is 78.9 Å². The molecule has 0 aliphatic heterocycles. The molecule has 0 spiro atoms. The van der Waals surface area contributed by atoms with E-state index >= 15 is 0 Å². The van der Waals surface area contributed by atoms with Gasteiger partial charge in [0.05, 0.1) is 5.56 Å². The van der Waals surface area contributed by atoms with Gasteiger partial charge in [0.15, 0.2) is 0 Å². The number of rotatable bonds is 5. The Kier molecular flexibility index (Phi) is 8.31. The zero-order valence-electron chi connectivity index (χ0n) is 15.2. The highest BCUT2D eigenvalue weighted by Gasteiger charge is 2.05. The lowest BCUT2D eigenvalue weighted by molar-refractivity contribution is -0.142. The zero-order chi connectivity index (χ0) is 19.3. The van der Waals surface area contributed by atoms with Crippen LogP contribution in [-0.4, -0.2) is 11.9 Å². The average Bonchev–Trinajstić information content (AvgIpc) is 2.73. The van der Waals surface area contributed by atoms with Gasteiger partial charge in [-0.05, 0) is 23.3 Å². The van der Waals surface area contributed by atoms with Crippen LogP contribution in [0.15, 0.2) is 91.0 Å². The second-order valence-electron chi connectivity index (χ2n) is 5.69. The van der Waals surface area contributed by atoms with Crippen LogP contribution in [0.1, 0.15) is 28.4 Å². The molecule has 27 heavy (non-hydrogen) atoms. The molecule has 0 bridgehead atoms. The summed E-state index contributed by atoms with van der Waals surface area (Å²) in [5.74, 6) is -0.529. The quantitative estimate of drug-likeness (QED) is 0.612. The number of hydrogen-bond donors (Lipinski definition) is 0. The molecular formula is C23H22O4. The van der Waals surface area contributed by atoms with Crippen molar-refractivity contribution >= 4 is 11.9 Å². The maximum Gasteiger partial charge on any atom is 0.338 e. The van der Waals surface area contributed by atoms with Gasteiger partial charge in [0, 0.05) is 6.92 Å². The topological polar surface area (TPSA) is 52.6 Å². The summed E-state index contributed by atoms with van der Waals surface area (Å²) in [5, 5.41) is 0. The number of esters is 2. The van der Waals surface area contributed by atoms with Gasteiger partial charge in [-0.15, -0.1) is 0 Å². The fraction of sp³-hybridized carbons (Fsp3) is 0.130. The molecule has 0 aliphatic rings. The van der Waals surface area contributed by atoms with Gasteiger partial charge < -0.3 is 9.47 Å². The van der Waals surface area contributed by atoms with Gasteiger partial charge in [0.25, 0.3) is 0 Å². The van der Waals surface area contributed by atoms with Crippen LogP contribution in [-0.2, 0) is 27.5 Å². The van der Waals surface area contributed by atoms with Crippen LogP contribution < -0.4 is 0 Å². The van der Waals surface area contributed by atoms with Gasteiger partial charge >= 0.3 is 11.9 Å². The molecule has 0 heterocycles. The van der Waals surface area contributed by atoms with Crippen LogP contribution in [0, 0.1) is 0 Å². The summed E-state index contributed by atoms with van der Waals surface area (Å²) in [6.07, 6.45) is 0. The lowest BCUT2D eigenvalue weighted by Crippen LogP contribution is -2.04. The van der Waals surface area contributed by atoms with Crippen molar-refractivity contribution in [3.8, 4) is 0 Å². The van der Waals surface area contributed by atoms with E-state index in [1.165, 1.54) is 6.92 Å². The Hall–Kier alpha value is -3.40. The van der Waals surface area contributed by atoms with Crippen molar-refractivity contribution in [3.63, 3.8) is 0 Å². The predicted octanol–water partition coefficient (Wildman–Crippen LogP) is 4.79. The Morgan fingerprint density at radius 3 is 1.48 bits per heavy atom. The third-order valence-corrected chi connectivity index (χ3v) is 3.51. The first-order valence-corrected chi connectivity index (χ1v) is 8.58. The smallest absolute Gasteiger partial charge is 0.338 e. The highest BCUT2D eigenvalue weighted by Crippen LogP contribution is 2.05. The summed E-state index contributed by atoms with van der Waals surface area (Å²) >= 11 is 0. The molecule has 0 amide bonds. The van der Waals surface area contributed by atoms with Crippen molar-refractivity contribution in [2.24, 2.45) is 0 Å². The Morgan fingerprint density at radius 2 is 1.04 bits per heavy atom. The molecule has 138 valence electrons. The Balaban J connectivity index is 0.000000208. The van der Waals surface area contributed by atoms with E-state index in [1.54, 1.807) is 12.1 Å². The maximum absolute atomic E-state index is 11.6. The largest absolute Gasteiger partial charge is 0.461 e. The molecule has 3 aromatic carbocycles. The first kappa shape index (κ1) is 19.9. The summed E-state index contributed by atoms with van der Waals surface area (Å²) in [7, 11) is 0. The second-order valence-corrected chi connectivity index (χ2v) is 5.69. The molecule has 0 aromatic heterocycles. The molecule has 0 N–H and O–H groups in total. The molecule has 4 nitrogen and oxygen atoms in total. The number of hydrogen-bond acceptors (Lipinski definition) is 4. The molecular weight excluding hydrogens is 340 g/mol. The van der Waals surface area contributed by atoms with Crippen LogP contribution in [0.25, 0.3) is 0 Å². The summed E-state index contributed by atoms with van der Waals surface area (Å²) in [6.45, 7) is 2.09. The fourth-order valence-electron chi connectivity index (χ4n) is 2.14. The monoisotopic (exact) mass is 362 g/mol. The standard InChI is InChI=1S/C14H12O2.C9H10O2/c15-14(13-9-5-2-6-10-13)16-11-12-7-3-1-4-8-12;1-8(10)11-7-9-5-3-2-4-6-9/h1-10H,11H2;2-6H,7H2,1H3. The van der Waals surface area contributed by atoms with Crippen molar-refractivity contribution in [2.45, 2.75) is 20.1 Å². The molecule has 0 radical (unpaired) electrons. The Bertz CT molecular complexity index is 815. The lowest BCUT2D eigenvalue weighted by Gasteiger charge is -2.04. The molecule has 0 unspecified atom stereocenters. The van der Waals surface area contributed by atoms with E-state index in [-0.39, 0.29) is 11.9 Å². The minimum absolute atomic E-state index is 0.242. The third kappa shape index (κ3) is 8.01. The van der Waals surface area contributed by atoms with E-state index in [4.69, 9.17) is 9.47 Å². The summed E-state index contributed by atoms with van der Waals surface area (Å²) < 4.78 is 9.96. The maximum atomic E-state index is 11.6. The minimum Gasteiger partial charge on any atom is -0.461 e. The first-order valence-electron chi connectivity index (χ1n) is 8.58. The second kappa shape index (κ2) is 11.3. The van der Waals surface area contributed by atoms with Crippen LogP contribution in [0.4, 0.5) is 0 Å². The van der Waals surface area contributed by atoms with Crippen molar-refractivity contribution in [1.82, 2.24) is 0 Å². The molecule has 0 atom stereocenters. The average molecular weight is 362 g/mol. The highest BCUT2D eigenvalue weighted by molar-refractivity contribution is 5.89. The van der Waals surface area contributed by atoms with Crippen molar-refractivity contribution < 1.29 is 19.1 Å². The molecule has 4 heteroatoms. The van der Waals surface area contributed by atoms with Crippen molar-refractivity contribution in [1.29, 1.82) is 0 Å². The van der Waals surface area contributed by atoms with Gasteiger partial charge in [-0.2, -0.15) is 0 Å². The summed E-state index contributed by atoms with van der Waals surface area (Å²) in [5.41, 5.74) is 2.59. The van der Waals surface area contributed by atoms with Gasteiger partial charge in [-0.3, -0.25) is 4.79 Å². The van der Waals surface area contributed by atoms with E-state index in [1.807, 2.05) is 78.9 Å². The summed E-state index contributed by atoms with van der Waals surface area (Å²) in [6, 6.07) is 28.2. The normalized spacial score (nSPS) is 9.52. The molecule has 3 rings (SSSR count). The van der Waals surface area contributed by atoms with Crippen LogP contribution in [0.2, 0.25) is 0 Å². The minimum atomic E-state index is -0.288. The number of ether oxygens (including phenoxy) is 2.